The molecule has 3 rings (SSSR count). The van der Waals surface area contributed by atoms with E-state index in [-0.39, 0.29) is 23.2 Å². The van der Waals surface area contributed by atoms with Gasteiger partial charge in [0.1, 0.15) is 9.86 Å². The molecule has 0 fully saturated rings. The minimum absolute atomic E-state index is 0.216. The topological polar surface area (TPSA) is 83.8 Å². The van der Waals surface area contributed by atoms with Crippen molar-refractivity contribution in [2.75, 3.05) is 13.6 Å². The van der Waals surface area contributed by atoms with Crippen molar-refractivity contribution < 1.29 is 13.2 Å². The summed E-state index contributed by atoms with van der Waals surface area (Å²) in [6, 6.07) is 6.92. The van der Waals surface area contributed by atoms with Crippen molar-refractivity contribution in [3.8, 4) is 0 Å². The van der Waals surface area contributed by atoms with Crippen molar-refractivity contribution in [1.29, 1.82) is 0 Å². The second-order valence-corrected chi connectivity index (χ2v) is 9.45. The molecule has 0 aliphatic carbocycles. The van der Waals surface area contributed by atoms with E-state index in [4.69, 9.17) is 0 Å². The lowest BCUT2D eigenvalue weighted by molar-refractivity contribution is -0.121. The Hall–Kier alpha value is -1.75. The van der Waals surface area contributed by atoms with E-state index < -0.39 is 10.0 Å². The number of amides is 1. The minimum Gasteiger partial charge on any atom is -0.349 e. The Morgan fingerprint density at radius 3 is 2.88 bits per heavy atom. The third-order valence-electron chi connectivity index (χ3n) is 3.46. The van der Waals surface area contributed by atoms with Gasteiger partial charge in [0, 0.05) is 23.9 Å². The number of halogens is 1. The molecule has 1 N–H and O–H groups in total. The first-order chi connectivity index (χ1) is 11.9. The highest BCUT2D eigenvalue weighted by Crippen LogP contribution is 2.19. The summed E-state index contributed by atoms with van der Waals surface area (Å²) in [7, 11) is -2.25. The number of rotatable bonds is 6. The van der Waals surface area contributed by atoms with Gasteiger partial charge >= 0.3 is 0 Å². The molecule has 7 nitrogen and oxygen atoms in total. The summed E-state index contributed by atoms with van der Waals surface area (Å²) < 4.78 is 28.6. The predicted molar refractivity (Wildman–Crippen MR) is 98.9 cm³/mol. The molecule has 0 bridgehead atoms. The molecular weight excluding hydrogens is 428 g/mol. The van der Waals surface area contributed by atoms with Crippen LogP contribution in [0.25, 0.3) is 5.65 Å². The first kappa shape index (κ1) is 18.1. The number of aromatic nitrogens is 2. The van der Waals surface area contributed by atoms with Crippen LogP contribution in [0.15, 0.2) is 50.7 Å². The van der Waals surface area contributed by atoms with Gasteiger partial charge in [-0.3, -0.25) is 4.79 Å². The summed E-state index contributed by atoms with van der Waals surface area (Å²) in [6.45, 7) is -0.0236. The standard InChI is InChI=1S/C15H15BrN4O3S2/c1-19(25(22,23)15-3-2-6-24-15)10-14(21)17-7-12-9-20-8-11(16)4-5-13(20)18-12/h2-6,8-9H,7,10H2,1H3,(H,17,21). The van der Waals surface area contributed by atoms with Crippen LogP contribution in [0.4, 0.5) is 0 Å². The molecular formula is C15H15BrN4O3S2. The maximum Gasteiger partial charge on any atom is 0.252 e. The van der Waals surface area contributed by atoms with Crippen LogP contribution in [0.1, 0.15) is 5.69 Å². The maximum atomic E-state index is 12.3. The zero-order chi connectivity index (χ0) is 18.0. The fourth-order valence-electron chi connectivity index (χ4n) is 2.20. The van der Waals surface area contributed by atoms with Gasteiger partial charge in [-0.15, -0.1) is 11.3 Å². The number of nitrogens with zero attached hydrogens (tertiary/aromatic N) is 3. The van der Waals surface area contributed by atoms with Crippen molar-refractivity contribution in [2.24, 2.45) is 0 Å². The highest BCUT2D eigenvalue weighted by Gasteiger charge is 2.23. The first-order valence-electron chi connectivity index (χ1n) is 7.26. The number of nitrogens with one attached hydrogen (secondary N) is 1. The van der Waals surface area contributed by atoms with Crippen LogP contribution in [0.2, 0.25) is 0 Å². The van der Waals surface area contributed by atoms with Crippen molar-refractivity contribution in [3.05, 3.63) is 52.2 Å². The third kappa shape index (κ3) is 4.09. The van der Waals surface area contributed by atoms with Gasteiger partial charge in [-0.1, -0.05) is 6.07 Å². The average Bonchev–Trinajstić information content (AvgIpc) is 3.22. The Kier molecular flexibility index (Phi) is 5.23. The second kappa shape index (κ2) is 7.24. The van der Waals surface area contributed by atoms with Gasteiger partial charge in [0.05, 0.1) is 18.8 Å². The van der Waals surface area contributed by atoms with E-state index >= 15 is 0 Å². The Morgan fingerprint density at radius 1 is 1.36 bits per heavy atom. The lowest BCUT2D eigenvalue weighted by Crippen LogP contribution is -2.37. The Labute approximate surface area is 157 Å². The zero-order valence-corrected chi connectivity index (χ0v) is 16.4. The second-order valence-electron chi connectivity index (χ2n) is 5.31. The quantitative estimate of drug-likeness (QED) is 0.633. The van der Waals surface area contributed by atoms with Crippen molar-refractivity contribution in [2.45, 2.75) is 10.8 Å². The number of imidazole rings is 1. The number of thiophene rings is 1. The number of hydrogen-bond acceptors (Lipinski definition) is 5. The van der Waals surface area contributed by atoms with Crippen LogP contribution in [0.5, 0.6) is 0 Å². The first-order valence-corrected chi connectivity index (χ1v) is 10.4. The van der Waals surface area contributed by atoms with Crippen molar-refractivity contribution in [3.63, 3.8) is 0 Å². The van der Waals surface area contributed by atoms with Gasteiger partial charge in [0.15, 0.2) is 0 Å². The van der Waals surface area contributed by atoms with E-state index in [1.807, 2.05) is 28.9 Å². The van der Waals surface area contributed by atoms with E-state index in [0.29, 0.717) is 5.69 Å². The van der Waals surface area contributed by atoms with E-state index in [1.165, 1.54) is 13.1 Å². The van der Waals surface area contributed by atoms with Crippen LogP contribution in [-0.2, 0) is 21.4 Å². The van der Waals surface area contributed by atoms with Gasteiger partial charge in [-0.2, -0.15) is 4.31 Å². The normalized spacial score (nSPS) is 12.0. The summed E-state index contributed by atoms with van der Waals surface area (Å²) >= 11 is 4.51. The largest absolute Gasteiger partial charge is 0.349 e. The van der Waals surface area contributed by atoms with Crippen LogP contribution < -0.4 is 5.32 Å². The summed E-state index contributed by atoms with van der Waals surface area (Å²) in [5, 5.41) is 4.38. The average molecular weight is 443 g/mol. The molecule has 10 heteroatoms. The molecule has 3 aromatic rings. The number of likely N-dealkylation sites (N-methyl/N-ethyl adjacent to an activating group) is 1. The van der Waals surface area contributed by atoms with Gasteiger partial charge in [0.2, 0.25) is 5.91 Å². The molecule has 132 valence electrons. The van der Waals surface area contributed by atoms with Gasteiger partial charge in [-0.05, 0) is 39.5 Å². The molecule has 3 aromatic heterocycles. The Bertz CT molecular complexity index is 999. The molecule has 0 saturated heterocycles. The SMILES string of the molecule is CN(CC(=O)NCc1cn2cc(Br)ccc2n1)S(=O)(=O)c1cccs1. The number of pyridine rings is 1. The molecule has 1 amide bonds. The monoisotopic (exact) mass is 442 g/mol. The molecule has 0 aliphatic rings. The molecule has 0 atom stereocenters. The Morgan fingerprint density at radius 2 is 2.16 bits per heavy atom. The van der Waals surface area contributed by atoms with Crippen LogP contribution in [-0.4, -0.2) is 41.6 Å². The summed E-state index contributed by atoms with van der Waals surface area (Å²) in [4.78, 5) is 16.4. The molecule has 0 aromatic carbocycles. The van der Waals surface area contributed by atoms with E-state index in [2.05, 4.69) is 26.2 Å². The molecule has 0 unspecified atom stereocenters. The fourth-order valence-corrected chi connectivity index (χ4v) is 4.88. The van der Waals surface area contributed by atoms with Crippen molar-refractivity contribution in [1.82, 2.24) is 19.0 Å². The molecule has 0 radical (unpaired) electrons. The lowest BCUT2D eigenvalue weighted by Gasteiger charge is -2.15. The van der Waals surface area contributed by atoms with Gasteiger partial charge in [0.25, 0.3) is 10.0 Å². The number of carbonyl (C=O) groups excluding carboxylic acids is 1. The smallest absolute Gasteiger partial charge is 0.252 e. The summed E-state index contributed by atoms with van der Waals surface area (Å²) in [5.41, 5.74) is 1.46. The molecule has 3 heterocycles. The van der Waals surface area contributed by atoms with Gasteiger partial charge < -0.3 is 9.72 Å². The van der Waals surface area contributed by atoms with Crippen LogP contribution in [0.3, 0.4) is 0 Å². The minimum atomic E-state index is -3.63. The van der Waals surface area contributed by atoms with Gasteiger partial charge in [-0.25, -0.2) is 13.4 Å². The fraction of sp³-hybridized carbons (Fsp3) is 0.200. The van der Waals surface area contributed by atoms with E-state index in [9.17, 15) is 13.2 Å². The molecule has 25 heavy (non-hydrogen) atoms. The van der Waals surface area contributed by atoms with Crippen LogP contribution >= 0.6 is 27.3 Å². The lowest BCUT2D eigenvalue weighted by atomic mass is 10.4. The predicted octanol–water partition coefficient (Wildman–Crippen LogP) is 2.10. The summed E-state index contributed by atoms with van der Waals surface area (Å²) in [5.74, 6) is -0.388. The zero-order valence-electron chi connectivity index (χ0n) is 13.2. The number of fused-ring (bicyclic) bond motifs is 1. The third-order valence-corrected chi connectivity index (χ3v) is 7.10. The highest BCUT2D eigenvalue weighted by atomic mass is 79.9. The van der Waals surface area contributed by atoms with E-state index in [1.54, 1.807) is 11.4 Å². The highest BCUT2D eigenvalue weighted by molar-refractivity contribution is 9.10. The van der Waals surface area contributed by atoms with E-state index in [0.717, 1.165) is 25.8 Å². The van der Waals surface area contributed by atoms with Crippen molar-refractivity contribution >= 4 is 48.8 Å². The molecule has 0 saturated carbocycles. The molecule has 0 spiro atoms. The number of carbonyl (C=O) groups is 1. The Balaban J connectivity index is 1.60. The number of sulfonamides is 1. The molecule has 0 aliphatic heterocycles. The van der Waals surface area contributed by atoms with Crippen LogP contribution in [0, 0.1) is 0 Å². The summed E-state index contributed by atoms with van der Waals surface area (Å²) in [6.07, 6.45) is 3.68. The maximum absolute atomic E-state index is 12.3. The number of hydrogen-bond donors (Lipinski definition) is 1.